The van der Waals surface area contributed by atoms with Crippen molar-refractivity contribution >= 4 is 6.08 Å². The number of phenols is 1. The number of hydrogen-bond acceptors (Lipinski definition) is 11. The molecule has 3 rings (SSSR count). The maximum atomic E-state index is 10.5. The third-order valence-electron chi connectivity index (χ3n) is 6.15. The lowest BCUT2D eigenvalue weighted by molar-refractivity contribution is -0.277. The van der Waals surface area contributed by atoms with E-state index in [9.17, 15) is 35.7 Å². The van der Waals surface area contributed by atoms with Crippen LogP contribution in [0.5, 0.6) is 23.0 Å². The molecule has 7 N–H and O–H groups in total. The van der Waals surface area contributed by atoms with Crippen LogP contribution in [0.4, 0.5) is 0 Å². The second kappa shape index (κ2) is 13.1. The molecule has 0 saturated carbocycles. The van der Waals surface area contributed by atoms with Gasteiger partial charge in [0.25, 0.3) is 0 Å². The molecule has 2 aromatic carbocycles. The van der Waals surface area contributed by atoms with E-state index in [1.807, 2.05) is 0 Å². The maximum Gasteiger partial charge on any atom is 0.229 e. The lowest BCUT2D eigenvalue weighted by atomic mass is 9.90. The number of ether oxygens (including phenoxy) is 4. The van der Waals surface area contributed by atoms with Crippen molar-refractivity contribution in [3.63, 3.8) is 0 Å². The first-order valence-electron chi connectivity index (χ1n) is 11.7. The van der Waals surface area contributed by atoms with Gasteiger partial charge < -0.3 is 54.7 Å². The zero-order valence-corrected chi connectivity index (χ0v) is 20.6. The van der Waals surface area contributed by atoms with Crippen molar-refractivity contribution in [1.82, 2.24) is 0 Å². The van der Waals surface area contributed by atoms with Crippen LogP contribution in [0.15, 0.2) is 36.4 Å². The number of phenolic OH excluding ortho intramolecular Hbond substituents is 1. The number of aliphatic hydroxyl groups is 6. The van der Waals surface area contributed by atoms with E-state index in [1.54, 1.807) is 24.3 Å². The van der Waals surface area contributed by atoms with Crippen LogP contribution < -0.4 is 14.2 Å². The summed E-state index contributed by atoms with van der Waals surface area (Å²) in [5.41, 5.74) is 1.72. The Morgan fingerprint density at radius 3 is 2.32 bits per heavy atom. The van der Waals surface area contributed by atoms with Crippen molar-refractivity contribution < 1.29 is 54.7 Å². The van der Waals surface area contributed by atoms with Crippen LogP contribution in [0.3, 0.4) is 0 Å². The first kappa shape index (κ1) is 28.7. The molecule has 1 saturated heterocycles. The first-order valence-corrected chi connectivity index (χ1v) is 11.7. The van der Waals surface area contributed by atoms with Crippen LogP contribution in [-0.2, 0) is 11.2 Å². The molecule has 0 amide bonds. The third kappa shape index (κ3) is 6.70. The van der Waals surface area contributed by atoms with Crippen LogP contribution in [-0.4, -0.2) is 100 Å². The van der Waals surface area contributed by atoms with Crippen LogP contribution in [0.2, 0.25) is 0 Å². The van der Waals surface area contributed by atoms with Gasteiger partial charge in [-0.15, -0.1) is 0 Å². The zero-order chi connectivity index (χ0) is 27.1. The molecule has 11 nitrogen and oxygen atoms in total. The molecule has 0 aromatic heterocycles. The summed E-state index contributed by atoms with van der Waals surface area (Å²) in [6.45, 7) is -1.18. The molecule has 6 atom stereocenters. The highest BCUT2D eigenvalue weighted by atomic mass is 16.7. The molecule has 0 aliphatic carbocycles. The average molecular weight is 523 g/mol. The van der Waals surface area contributed by atoms with Crippen molar-refractivity contribution in [2.24, 2.45) is 0 Å². The zero-order valence-electron chi connectivity index (χ0n) is 20.6. The summed E-state index contributed by atoms with van der Waals surface area (Å²) in [6, 6.07) is 8.02. The molecule has 1 unspecified atom stereocenters. The van der Waals surface area contributed by atoms with E-state index in [0.717, 1.165) is 0 Å². The summed E-state index contributed by atoms with van der Waals surface area (Å²) >= 11 is 0. The molecule has 0 radical (unpaired) electrons. The third-order valence-corrected chi connectivity index (χ3v) is 6.15. The summed E-state index contributed by atoms with van der Waals surface area (Å²) in [7, 11) is 2.86. The van der Waals surface area contributed by atoms with Gasteiger partial charge in [-0.3, -0.25) is 0 Å². The minimum absolute atomic E-state index is 0.0129. The summed E-state index contributed by atoms with van der Waals surface area (Å²) in [4.78, 5) is 0. The lowest BCUT2D eigenvalue weighted by Crippen LogP contribution is -2.60. The van der Waals surface area contributed by atoms with Crippen LogP contribution in [0.1, 0.15) is 22.6 Å². The molecule has 1 fully saturated rings. The van der Waals surface area contributed by atoms with Crippen LogP contribution in [0.25, 0.3) is 6.08 Å². The highest BCUT2D eigenvalue weighted by Gasteiger charge is 2.45. The fourth-order valence-corrected chi connectivity index (χ4v) is 4.23. The second-order valence-electron chi connectivity index (χ2n) is 8.66. The maximum absolute atomic E-state index is 10.5. The van der Waals surface area contributed by atoms with Crippen molar-refractivity contribution in [1.29, 1.82) is 0 Å². The van der Waals surface area contributed by atoms with E-state index in [-0.39, 0.29) is 36.9 Å². The topological polar surface area (TPSA) is 179 Å². The highest BCUT2D eigenvalue weighted by molar-refractivity contribution is 5.60. The van der Waals surface area contributed by atoms with Crippen LogP contribution in [0, 0.1) is 0 Å². The molecular weight excluding hydrogens is 488 g/mol. The normalized spacial score (nSPS) is 24.7. The fraction of sp³-hybridized carbons (Fsp3) is 0.462. The van der Waals surface area contributed by atoms with Gasteiger partial charge in [-0.1, -0.05) is 12.2 Å². The predicted molar refractivity (Wildman–Crippen MR) is 132 cm³/mol. The van der Waals surface area contributed by atoms with Gasteiger partial charge in [0.2, 0.25) is 6.29 Å². The summed E-state index contributed by atoms with van der Waals surface area (Å²) in [6.07, 6.45) is -4.13. The molecule has 2 aromatic rings. The molecule has 0 bridgehead atoms. The standard InChI is InChI=1S/C26H34O11/c1-34-18-8-15(7-17(30)11-18)6-16(12-28)19-9-14(4-3-5-27)10-20(35-2)25(19)37-26-24(33)23(32)22(31)21(13-29)36-26/h3-4,7-11,16,21-24,26-33H,5-6,12-13H2,1-2H3/b4-3+/t16?,21-,22-,23+,24-,26+/m1/s1. The number of aliphatic hydroxyl groups excluding tert-OH is 6. The van der Waals surface area contributed by atoms with Gasteiger partial charge in [-0.25, -0.2) is 0 Å². The monoisotopic (exact) mass is 522 g/mol. The van der Waals surface area contributed by atoms with Gasteiger partial charge in [0.05, 0.1) is 34.0 Å². The Balaban J connectivity index is 2.07. The van der Waals surface area contributed by atoms with Gasteiger partial charge in [0.15, 0.2) is 11.5 Å². The summed E-state index contributed by atoms with van der Waals surface area (Å²) in [5.74, 6) is 0.114. The van der Waals surface area contributed by atoms with Gasteiger partial charge in [-0.05, 0) is 41.8 Å². The lowest BCUT2D eigenvalue weighted by Gasteiger charge is -2.40. The number of methoxy groups -OCH3 is 2. The molecule has 204 valence electrons. The minimum atomic E-state index is -1.66. The van der Waals surface area contributed by atoms with E-state index in [2.05, 4.69) is 0 Å². The Kier molecular flexibility index (Phi) is 10.1. The van der Waals surface area contributed by atoms with Crippen molar-refractivity contribution in [3.05, 3.63) is 53.1 Å². The quantitative estimate of drug-likeness (QED) is 0.210. The van der Waals surface area contributed by atoms with Crippen molar-refractivity contribution in [2.45, 2.75) is 43.0 Å². The molecular formula is C26H34O11. The number of aromatic hydroxyl groups is 1. The number of hydrogen-bond donors (Lipinski definition) is 7. The Labute approximate surface area is 214 Å². The van der Waals surface area contributed by atoms with E-state index in [4.69, 9.17) is 18.9 Å². The second-order valence-corrected chi connectivity index (χ2v) is 8.66. The molecule has 1 aliphatic heterocycles. The molecule has 11 heteroatoms. The molecule has 0 spiro atoms. The molecule has 1 aliphatic rings. The largest absolute Gasteiger partial charge is 0.508 e. The van der Waals surface area contributed by atoms with E-state index >= 15 is 0 Å². The van der Waals surface area contributed by atoms with Gasteiger partial charge >= 0.3 is 0 Å². The molecule has 37 heavy (non-hydrogen) atoms. The summed E-state index contributed by atoms with van der Waals surface area (Å²) in [5, 5.41) is 70.0. The van der Waals surface area contributed by atoms with E-state index in [0.29, 0.717) is 22.4 Å². The van der Waals surface area contributed by atoms with Crippen LogP contribution >= 0.6 is 0 Å². The Morgan fingerprint density at radius 2 is 1.70 bits per heavy atom. The van der Waals surface area contributed by atoms with E-state index < -0.39 is 43.2 Å². The van der Waals surface area contributed by atoms with Crippen molar-refractivity contribution in [3.8, 4) is 23.0 Å². The molecule has 1 heterocycles. The smallest absolute Gasteiger partial charge is 0.229 e. The Bertz CT molecular complexity index is 1060. The SMILES string of the molecule is COc1cc(O)cc(CC(CO)c2cc(/C=C/CO)cc(OC)c2O[C@@H]2O[C@H](CO)[C@@H](O)[C@H](O)[C@H]2O)c1. The highest BCUT2D eigenvalue weighted by Crippen LogP contribution is 2.41. The van der Waals surface area contributed by atoms with Crippen molar-refractivity contribution in [2.75, 3.05) is 34.0 Å². The Morgan fingerprint density at radius 1 is 0.946 bits per heavy atom. The van der Waals surface area contributed by atoms with E-state index in [1.165, 1.54) is 32.4 Å². The Hall–Kier alpha value is -2.90. The van der Waals surface area contributed by atoms with Gasteiger partial charge in [0, 0.05) is 17.5 Å². The minimum Gasteiger partial charge on any atom is -0.508 e. The average Bonchev–Trinajstić information content (AvgIpc) is 2.90. The fourth-order valence-electron chi connectivity index (χ4n) is 4.23. The number of rotatable bonds is 11. The first-order chi connectivity index (χ1) is 17.8. The number of benzene rings is 2. The van der Waals surface area contributed by atoms with Gasteiger partial charge in [0.1, 0.15) is 35.9 Å². The predicted octanol–water partition coefficient (Wildman–Crippen LogP) is -0.0878. The van der Waals surface area contributed by atoms with Gasteiger partial charge in [-0.2, -0.15) is 0 Å². The summed E-state index contributed by atoms with van der Waals surface area (Å²) < 4.78 is 22.2.